The number of hydrogen-bond acceptors (Lipinski definition) is 2. The van der Waals surface area contributed by atoms with Crippen molar-refractivity contribution in [3.63, 3.8) is 0 Å². The summed E-state index contributed by atoms with van der Waals surface area (Å²) in [7, 11) is 0. The summed E-state index contributed by atoms with van der Waals surface area (Å²) in [5.74, 6) is 0. The fourth-order valence-corrected chi connectivity index (χ4v) is 2.55. The highest BCUT2D eigenvalue weighted by molar-refractivity contribution is 6.49. The summed E-state index contributed by atoms with van der Waals surface area (Å²) in [5.41, 5.74) is 4.94. The molecule has 0 radical (unpaired) electrons. The van der Waals surface area contributed by atoms with Crippen molar-refractivity contribution in [1.29, 1.82) is 0 Å². The fourth-order valence-electron chi connectivity index (χ4n) is 1.58. The number of nitrogens with zero attached hydrogens (tertiary/aromatic N) is 1. The Balaban J connectivity index is 2.25. The third-order valence-electron chi connectivity index (χ3n) is 2.70. The molecule has 2 nitrogen and oxygen atoms in total. The van der Waals surface area contributed by atoms with Gasteiger partial charge in [-0.3, -0.25) is 5.43 Å². The van der Waals surface area contributed by atoms with Gasteiger partial charge < -0.3 is 0 Å². The van der Waals surface area contributed by atoms with Crippen molar-refractivity contribution < 1.29 is 0 Å². The summed E-state index contributed by atoms with van der Waals surface area (Å²) in [6.07, 6.45) is 0. The summed E-state index contributed by atoms with van der Waals surface area (Å²) in [6.45, 7) is 1.80. The fraction of sp³-hybridized carbons (Fsp3) is 0.0714. The normalized spacial score (nSPS) is 11.6. The zero-order chi connectivity index (χ0) is 15.6. The molecule has 0 amide bonds. The van der Waals surface area contributed by atoms with Gasteiger partial charge in [-0.2, -0.15) is 5.10 Å². The number of benzene rings is 2. The van der Waals surface area contributed by atoms with Gasteiger partial charge in [0.15, 0.2) is 0 Å². The van der Waals surface area contributed by atoms with Crippen molar-refractivity contribution in [1.82, 2.24) is 0 Å². The highest BCUT2D eigenvalue weighted by Gasteiger charge is 2.11. The van der Waals surface area contributed by atoms with E-state index in [1.54, 1.807) is 37.3 Å². The Morgan fingerprint density at radius 3 is 2.19 bits per heavy atom. The van der Waals surface area contributed by atoms with Crippen LogP contribution in [-0.4, -0.2) is 5.71 Å². The topological polar surface area (TPSA) is 24.4 Å². The van der Waals surface area contributed by atoms with E-state index in [0.717, 1.165) is 0 Å². The first kappa shape index (κ1) is 16.7. The summed E-state index contributed by atoms with van der Waals surface area (Å²) < 4.78 is 0. The van der Waals surface area contributed by atoms with Gasteiger partial charge in [0, 0.05) is 5.56 Å². The first-order chi connectivity index (χ1) is 9.90. The Labute approximate surface area is 147 Å². The van der Waals surface area contributed by atoms with E-state index in [9.17, 15) is 0 Å². The molecule has 0 fully saturated rings. The van der Waals surface area contributed by atoms with Crippen LogP contribution in [0.4, 0.5) is 5.69 Å². The highest BCUT2D eigenvalue weighted by Crippen LogP contribution is 2.33. The van der Waals surface area contributed by atoms with Crippen LogP contribution in [0.2, 0.25) is 25.1 Å². The Morgan fingerprint density at radius 2 is 1.52 bits per heavy atom. The molecule has 0 aromatic heterocycles. The van der Waals surface area contributed by atoms with Crippen molar-refractivity contribution in [3.8, 4) is 0 Å². The maximum atomic E-state index is 6.16. The lowest BCUT2D eigenvalue weighted by Crippen LogP contribution is -2.01. The number of rotatable bonds is 3. The lowest BCUT2D eigenvalue weighted by molar-refractivity contribution is 1.32. The maximum absolute atomic E-state index is 6.16. The molecular weight excluding hydrogens is 373 g/mol. The average Bonchev–Trinajstić information content (AvgIpc) is 2.46. The Morgan fingerprint density at radius 1 is 0.857 bits per heavy atom. The summed E-state index contributed by atoms with van der Waals surface area (Å²) in [6, 6.07) is 8.55. The number of hydrazone groups is 1. The zero-order valence-electron chi connectivity index (χ0n) is 10.7. The first-order valence-electron chi connectivity index (χ1n) is 5.79. The largest absolute Gasteiger partial charge is 0.278 e. The van der Waals surface area contributed by atoms with E-state index in [1.807, 2.05) is 0 Å². The molecule has 2 aromatic carbocycles. The van der Waals surface area contributed by atoms with Crippen LogP contribution in [0, 0.1) is 0 Å². The second-order valence-electron chi connectivity index (χ2n) is 4.16. The van der Waals surface area contributed by atoms with Gasteiger partial charge in [0.05, 0.1) is 36.5 Å². The van der Waals surface area contributed by atoms with Crippen molar-refractivity contribution in [2.24, 2.45) is 5.10 Å². The number of hydrogen-bond donors (Lipinski definition) is 1. The van der Waals surface area contributed by atoms with Crippen LogP contribution in [-0.2, 0) is 0 Å². The van der Waals surface area contributed by atoms with E-state index in [4.69, 9.17) is 58.0 Å². The van der Waals surface area contributed by atoms with Gasteiger partial charge >= 0.3 is 0 Å². The van der Waals surface area contributed by atoms with Gasteiger partial charge in [0.25, 0.3) is 0 Å². The number of nitrogens with one attached hydrogen (secondary N) is 1. The van der Waals surface area contributed by atoms with Crippen LogP contribution in [0.5, 0.6) is 0 Å². The predicted molar refractivity (Wildman–Crippen MR) is 93.8 cm³/mol. The molecule has 0 spiro atoms. The van der Waals surface area contributed by atoms with Gasteiger partial charge in [0.2, 0.25) is 0 Å². The summed E-state index contributed by atoms with van der Waals surface area (Å²) in [4.78, 5) is 0. The molecular formula is C14H9Cl5N2. The number of anilines is 1. The maximum Gasteiger partial charge on any atom is 0.0785 e. The van der Waals surface area contributed by atoms with Gasteiger partial charge in [0.1, 0.15) is 0 Å². The van der Waals surface area contributed by atoms with Crippen molar-refractivity contribution in [2.75, 3.05) is 5.43 Å². The van der Waals surface area contributed by atoms with Crippen LogP contribution in [0.25, 0.3) is 0 Å². The van der Waals surface area contributed by atoms with E-state index in [-0.39, 0.29) is 0 Å². The third kappa shape index (κ3) is 3.97. The lowest BCUT2D eigenvalue weighted by Gasteiger charge is -2.08. The molecule has 0 saturated carbocycles. The van der Waals surface area contributed by atoms with Gasteiger partial charge in [-0.1, -0.05) is 64.1 Å². The molecule has 2 aromatic rings. The van der Waals surface area contributed by atoms with Crippen LogP contribution < -0.4 is 5.43 Å². The molecule has 0 heterocycles. The standard InChI is InChI=1S/C14H9Cl5N2/c1-7(9-3-5-11(16)14(19)13(9)18)20-21-8-2-4-10(15)12(17)6-8/h2-6,21H,1H3/b20-7+. The van der Waals surface area contributed by atoms with E-state index >= 15 is 0 Å². The quantitative estimate of drug-likeness (QED) is 0.353. The van der Waals surface area contributed by atoms with Crippen molar-refractivity contribution in [2.45, 2.75) is 6.92 Å². The highest BCUT2D eigenvalue weighted by atomic mass is 35.5. The molecule has 7 heteroatoms. The summed E-state index contributed by atoms with van der Waals surface area (Å²) >= 11 is 29.9. The molecule has 1 N–H and O–H groups in total. The molecule has 0 aliphatic heterocycles. The van der Waals surface area contributed by atoms with E-state index in [2.05, 4.69) is 10.5 Å². The smallest absolute Gasteiger partial charge is 0.0785 e. The van der Waals surface area contributed by atoms with Gasteiger partial charge in [-0.15, -0.1) is 0 Å². The molecule has 0 saturated heterocycles. The zero-order valence-corrected chi connectivity index (χ0v) is 14.5. The van der Waals surface area contributed by atoms with Crippen molar-refractivity contribution >= 4 is 69.4 Å². The minimum atomic E-state index is 0.305. The number of halogens is 5. The van der Waals surface area contributed by atoms with E-state index in [0.29, 0.717) is 42.1 Å². The van der Waals surface area contributed by atoms with Gasteiger partial charge in [-0.25, -0.2) is 0 Å². The minimum absolute atomic E-state index is 0.305. The SMILES string of the molecule is C/C(=N\Nc1ccc(Cl)c(Cl)c1)c1ccc(Cl)c(Cl)c1Cl. The third-order valence-corrected chi connectivity index (χ3v) is 4.73. The van der Waals surface area contributed by atoms with Crippen LogP contribution in [0.3, 0.4) is 0 Å². The van der Waals surface area contributed by atoms with Crippen LogP contribution in [0.1, 0.15) is 12.5 Å². The van der Waals surface area contributed by atoms with E-state index in [1.165, 1.54) is 0 Å². The first-order valence-corrected chi connectivity index (χ1v) is 7.68. The van der Waals surface area contributed by atoms with Gasteiger partial charge in [-0.05, 0) is 31.2 Å². The second-order valence-corrected chi connectivity index (χ2v) is 6.14. The molecule has 0 atom stereocenters. The Kier molecular flexibility index (Phi) is 5.64. The summed E-state index contributed by atoms with van der Waals surface area (Å²) in [5, 5.41) is 6.24. The molecule has 2 rings (SSSR count). The molecule has 0 bridgehead atoms. The molecule has 0 aliphatic rings. The monoisotopic (exact) mass is 380 g/mol. The molecule has 0 unspecified atom stereocenters. The van der Waals surface area contributed by atoms with Crippen LogP contribution in [0.15, 0.2) is 35.4 Å². The average molecular weight is 383 g/mol. The molecule has 21 heavy (non-hydrogen) atoms. The molecule has 110 valence electrons. The second kappa shape index (κ2) is 7.08. The van der Waals surface area contributed by atoms with Crippen molar-refractivity contribution in [3.05, 3.63) is 61.0 Å². The van der Waals surface area contributed by atoms with Crippen LogP contribution >= 0.6 is 58.0 Å². The van der Waals surface area contributed by atoms with E-state index < -0.39 is 0 Å². The molecule has 0 aliphatic carbocycles. The Hall–Kier alpha value is -0.640. The lowest BCUT2D eigenvalue weighted by atomic mass is 10.1. The Bertz CT molecular complexity index is 713. The predicted octanol–water partition coefficient (Wildman–Crippen LogP) is 6.79. The minimum Gasteiger partial charge on any atom is -0.278 e.